The molecule has 2 aliphatic carbocycles. The van der Waals surface area contributed by atoms with Gasteiger partial charge in [0.2, 0.25) is 0 Å². The molecule has 0 unspecified atom stereocenters. The van der Waals surface area contributed by atoms with Crippen LogP contribution in [0.4, 0.5) is 0 Å². The van der Waals surface area contributed by atoms with Gasteiger partial charge in [0.1, 0.15) is 0 Å². The van der Waals surface area contributed by atoms with E-state index in [0.717, 1.165) is 0 Å². The standard InChI is InChI=1S/C37H23N/c1-5-13-31-25(9-1)26-10-2-6-14-32(26)37(31)33-15-7-3-11-27(33)28-19-17-23(21-34(28)37)24-18-20-30-29-12-4-8-16-35(29)38-36(30)22-24/h1-22,38H. The molecule has 9 rings (SSSR count). The molecule has 1 N–H and O–H groups in total. The molecule has 0 saturated heterocycles. The van der Waals surface area contributed by atoms with Gasteiger partial charge >= 0.3 is 0 Å². The van der Waals surface area contributed by atoms with Crippen LogP contribution < -0.4 is 0 Å². The van der Waals surface area contributed by atoms with E-state index < -0.39 is 0 Å². The SMILES string of the molecule is c1ccc2c(c1)-c1ccccc1C21c2ccccc2-c2ccc(-c3ccc4c(c3)[nH]c3ccccc34)cc21. The highest BCUT2D eigenvalue weighted by molar-refractivity contribution is 6.08. The lowest BCUT2D eigenvalue weighted by Gasteiger charge is -2.30. The van der Waals surface area contributed by atoms with Crippen molar-refractivity contribution in [3.8, 4) is 33.4 Å². The average Bonchev–Trinajstić information content (AvgIpc) is 3.60. The number of aromatic amines is 1. The van der Waals surface area contributed by atoms with Crippen molar-refractivity contribution >= 4 is 21.8 Å². The molecule has 0 fully saturated rings. The van der Waals surface area contributed by atoms with Crippen LogP contribution >= 0.6 is 0 Å². The van der Waals surface area contributed by atoms with E-state index in [1.54, 1.807) is 0 Å². The smallest absolute Gasteiger partial charge is 0.0725 e. The van der Waals surface area contributed by atoms with Crippen molar-refractivity contribution in [2.45, 2.75) is 5.41 Å². The third-order valence-corrected chi connectivity index (χ3v) is 8.84. The Morgan fingerprint density at radius 2 is 0.868 bits per heavy atom. The minimum atomic E-state index is -0.305. The Labute approximate surface area is 221 Å². The second-order valence-electron chi connectivity index (χ2n) is 10.6. The molecule has 0 radical (unpaired) electrons. The van der Waals surface area contributed by atoms with E-state index >= 15 is 0 Å². The van der Waals surface area contributed by atoms with Crippen molar-refractivity contribution in [1.29, 1.82) is 0 Å². The van der Waals surface area contributed by atoms with Crippen LogP contribution in [-0.4, -0.2) is 4.98 Å². The van der Waals surface area contributed by atoms with Gasteiger partial charge in [-0.3, -0.25) is 0 Å². The number of benzene rings is 6. The molecular formula is C37H23N. The first-order chi connectivity index (χ1) is 18.8. The molecule has 6 aromatic carbocycles. The summed E-state index contributed by atoms with van der Waals surface area (Å²) in [4.78, 5) is 3.63. The molecule has 1 heterocycles. The van der Waals surface area contributed by atoms with Crippen LogP contribution in [0.25, 0.3) is 55.2 Å². The van der Waals surface area contributed by atoms with Gasteiger partial charge < -0.3 is 4.98 Å². The first-order valence-corrected chi connectivity index (χ1v) is 13.3. The molecule has 7 aromatic rings. The summed E-state index contributed by atoms with van der Waals surface area (Å²) < 4.78 is 0. The highest BCUT2D eigenvalue weighted by Gasteiger charge is 2.51. The van der Waals surface area contributed by atoms with Crippen LogP contribution in [0.1, 0.15) is 22.3 Å². The first kappa shape index (κ1) is 20.2. The summed E-state index contributed by atoms with van der Waals surface area (Å²) in [6.07, 6.45) is 0. The fourth-order valence-corrected chi connectivity index (χ4v) is 7.31. The summed E-state index contributed by atoms with van der Waals surface area (Å²) in [6.45, 7) is 0. The zero-order valence-corrected chi connectivity index (χ0v) is 20.7. The fourth-order valence-electron chi connectivity index (χ4n) is 7.31. The molecule has 0 bridgehead atoms. The number of rotatable bonds is 1. The molecule has 0 amide bonds. The number of nitrogens with one attached hydrogen (secondary N) is 1. The number of hydrogen-bond donors (Lipinski definition) is 1. The molecule has 1 aromatic heterocycles. The zero-order valence-electron chi connectivity index (χ0n) is 20.7. The quantitative estimate of drug-likeness (QED) is 0.240. The molecule has 176 valence electrons. The van der Waals surface area contributed by atoms with Gasteiger partial charge in [0.25, 0.3) is 0 Å². The van der Waals surface area contributed by atoms with Crippen molar-refractivity contribution in [3.63, 3.8) is 0 Å². The highest BCUT2D eigenvalue weighted by atomic mass is 14.7. The largest absolute Gasteiger partial charge is 0.354 e. The van der Waals surface area contributed by atoms with Gasteiger partial charge in [-0.25, -0.2) is 0 Å². The van der Waals surface area contributed by atoms with Crippen LogP contribution in [-0.2, 0) is 5.41 Å². The molecule has 1 heteroatoms. The van der Waals surface area contributed by atoms with Crippen molar-refractivity contribution in [2.24, 2.45) is 0 Å². The summed E-state index contributed by atoms with van der Waals surface area (Å²) in [5.41, 5.74) is 15.4. The minimum absolute atomic E-state index is 0.305. The Hall–Kier alpha value is -4.88. The number of aromatic nitrogens is 1. The first-order valence-electron chi connectivity index (χ1n) is 13.3. The maximum Gasteiger partial charge on any atom is 0.0725 e. The summed E-state index contributed by atoms with van der Waals surface area (Å²) >= 11 is 0. The van der Waals surface area contributed by atoms with Crippen molar-refractivity contribution < 1.29 is 0 Å². The molecule has 2 aliphatic rings. The maximum atomic E-state index is 3.63. The van der Waals surface area contributed by atoms with E-state index in [4.69, 9.17) is 0 Å². The molecule has 0 atom stereocenters. The number of H-pyrrole nitrogens is 1. The number of hydrogen-bond acceptors (Lipinski definition) is 0. The van der Waals surface area contributed by atoms with Gasteiger partial charge in [0.05, 0.1) is 5.41 Å². The van der Waals surface area contributed by atoms with Crippen LogP contribution in [0.3, 0.4) is 0 Å². The molecule has 0 aliphatic heterocycles. The maximum absolute atomic E-state index is 3.63. The van der Waals surface area contributed by atoms with E-state index in [0.29, 0.717) is 0 Å². The van der Waals surface area contributed by atoms with Crippen LogP contribution in [0.2, 0.25) is 0 Å². The summed E-state index contributed by atoms with van der Waals surface area (Å²) in [5.74, 6) is 0. The summed E-state index contributed by atoms with van der Waals surface area (Å²) in [6, 6.07) is 49.5. The van der Waals surface area contributed by atoms with Gasteiger partial charge in [-0.2, -0.15) is 0 Å². The molecule has 0 saturated carbocycles. The van der Waals surface area contributed by atoms with Gasteiger partial charge in [-0.15, -0.1) is 0 Å². The van der Waals surface area contributed by atoms with Gasteiger partial charge in [0.15, 0.2) is 0 Å². The van der Waals surface area contributed by atoms with Crippen molar-refractivity contribution in [3.05, 3.63) is 156 Å². The van der Waals surface area contributed by atoms with Crippen LogP contribution in [0.5, 0.6) is 0 Å². The topological polar surface area (TPSA) is 15.8 Å². The second-order valence-corrected chi connectivity index (χ2v) is 10.6. The van der Waals surface area contributed by atoms with Crippen LogP contribution in [0, 0.1) is 0 Å². The number of para-hydroxylation sites is 1. The zero-order chi connectivity index (χ0) is 24.8. The lowest BCUT2D eigenvalue weighted by molar-refractivity contribution is 0.794. The Morgan fingerprint density at radius 1 is 0.368 bits per heavy atom. The predicted molar refractivity (Wildman–Crippen MR) is 158 cm³/mol. The molecule has 1 nitrogen and oxygen atoms in total. The Kier molecular flexibility index (Phi) is 3.78. The minimum Gasteiger partial charge on any atom is -0.354 e. The van der Waals surface area contributed by atoms with E-state index in [1.165, 1.54) is 77.4 Å². The van der Waals surface area contributed by atoms with E-state index in [9.17, 15) is 0 Å². The van der Waals surface area contributed by atoms with Gasteiger partial charge in [-0.1, -0.05) is 115 Å². The highest BCUT2D eigenvalue weighted by Crippen LogP contribution is 2.62. The predicted octanol–water partition coefficient (Wildman–Crippen LogP) is 9.33. The Bertz CT molecular complexity index is 2030. The third-order valence-electron chi connectivity index (χ3n) is 8.84. The van der Waals surface area contributed by atoms with E-state index in [1.807, 2.05) is 0 Å². The molecular weight excluding hydrogens is 458 g/mol. The van der Waals surface area contributed by atoms with Crippen molar-refractivity contribution in [1.82, 2.24) is 4.98 Å². The normalized spacial score (nSPS) is 14.0. The van der Waals surface area contributed by atoms with Crippen molar-refractivity contribution in [2.75, 3.05) is 0 Å². The second kappa shape index (κ2) is 7.12. The third kappa shape index (κ3) is 2.37. The Balaban J connectivity index is 1.34. The Morgan fingerprint density at radius 3 is 1.55 bits per heavy atom. The monoisotopic (exact) mass is 481 g/mol. The molecule has 1 spiro atoms. The number of fused-ring (bicyclic) bond motifs is 13. The lowest BCUT2D eigenvalue weighted by Crippen LogP contribution is -2.25. The van der Waals surface area contributed by atoms with E-state index in [-0.39, 0.29) is 5.41 Å². The lowest BCUT2D eigenvalue weighted by atomic mass is 9.70. The summed E-state index contributed by atoms with van der Waals surface area (Å²) in [7, 11) is 0. The van der Waals surface area contributed by atoms with Crippen LogP contribution in [0.15, 0.2) is 133 Å². The average molecular weight is 482 g/mol. The van der Waals surface area contributed by atoms with Gasteiger partial charge in [-0.05, 0) is 73.8 Å². The molecule has 38 heavy (non-hydrogen) atoms. The van der Waals surface area contributed by atoms with E-state index in [2.05, 4.69) is 138 Å². The van der Waals surface area contributed by atoms with Gasteiger partial charge in [0, 0.05) is 21.8 Å². The fraction of sp³-hybridized carbons (Fsp3) is 0.0270. The summed E-state index contributed by atoms with van der Waals surface area (Å²) in [5, 5.41) is 2.55.